The predicted octanol–water partition coefficient (Wildman–Crippen LogP) is 2.22. The van der Waals surface area contributed by atoms with Crippen LogP contribution in [0.1, 0.15) is 39.0 Å². The summed E-state index contributed by atoms with van der Waals surface area (Å²) >= 11 is 0. The third-order valence-corrected chi connectivity index (χ3v) is 3.89. The third kappa shape index (κ3) is 4.10. The number of halogens is 3. The van der Waals surface area contributed by atoms with Crippen LogP contribution in [0.15, 0.2) is 0 Å². The second-order valence-corrected chi connectivity index (χ2v) is 5.11. The molecule has 0 aliphatic heterocycles. The van der Waals surface area contributed by atoms with E-state index in [2.05, 4.69) is 6.92 Å². The normalized spacial score (nSPS) is 31.3. The van der Waals surface area contributed by atoms with Gasteiger partial charge in [0.25, 0.3) is 0 Å². The number of ether oxygens (including phenoxy) is 1. The van der Waals surface area contributed by atoms with Crippen LogP contribution in [0.25, 0.3) is 0 Å². The van der Waals surface area contributed by atoms with Crippen molar-refractivity contribution in [2.75, 3.05) is 13.2 Å². The van der Waals surface area contributed by atoms with Gasteiger partial charge in [-0.05, 0) is 31.6 Å². The second-order valence-electron chi connectivity index (χ2n) is 5.11. The molecule has 1 atom stereocenters. The van der Waals surface area contributed by atoms with Crippen molar-refractivity contribution >= 4 is 0 Å². The van der Waals surface area contributed by atoms with E-state index in [1.165, 1.54) is 0 Å². The topological polar surface area (TPSA) is 55.5 Å². The lowest BCUT2D eigenvalue weighted by molar-refractivity contribution is -0.230. The minimum atomic E-state index is -4.63. The van der Waals surface area contributed by atoms with Crippen LogP contribution in [0, 0.1) is 5.92 Å². The van der Waals surface area contributed by atoms with Crippen molar-refractivity contribution in [3.8, 4) is 0 Å². The fourth-order valence-corrected chi connectivity index (χ4v) is 2.37. The summed E-state index contributed by atoms with van der Waals surface area (Å²) in [5.41, 5.74) is 4.95. The summed E-state index contributed by atoms with van der Waals surface area (Å²) < 4.78 is 41.9. The molecular formula is C12H22F3NO2. The van der Waals surface area contributed by atoms with Crippen molar-refractivity contribution in [1.82, 2.24) is 0 Å². The largest absolute Gasteiger partial charge is 0.416 e. The number of hydrogen-bond acceptors (Lipinski definition) is 3. The number of aliphatic hydroxyl groups is 1. The average molecular weight is 269 g/mol. The zero-order chi connectivity index (χ0) is 13.8. The van der Waals surface area contributed by atoms with Crippen LogP contribution in [0.2, 0.25) is 0 Å². The Morgan fingerprint density at radius 2 is 1.94 bits per heavy atom. The maximum Gasteiger partial charge on any atom is 0.416 e. The molecular weight excluding hydrogens is 247 g/mol. The molecule has 0 aromatic heterocycles. The van der Waals surface area contributed by atoms with Gasteiger partial charge in [-0.2, -0.15) is 13.2 Å². The van der Waals surface area contributed by atoms with E-state index < -0.39 is 24.5 Å². The highest BCUT2D eigenvalue weighted by Crippen LogP contribution is 2.36. The van der Waals surface area contributed by atoms with Crippen molar-refractivity contribution in [2.24, 2.45) is 11.7 Å². The minimum absolute atomic E-state index is 0.202. The van der Waals surface area contributed by atoms with Gasteiger partial charge in [-0.15, -0.1) is 0 Å². The Hall–Kier alpha value is -0.330. The summed E-state index contributed by atoms with van der Waals surface area (Å²) in [7, 11) is 0. The molecule has 0 bridgehead atoms. The van der Waals surface area contributed by atoms with Crippen LogP contribution in [0.4, 0.5) is 13.2 Å². The third-order valence-electron chi connectivity index (χ3n) is 3.89. The van der Waals surface area contributed by atoms with Gasteiger partial charge in [-0.25, -0.2) is 0 Å². The molecule has 1 aliphatic carbocycles. The monoisotopic (exact) mass is 269 g/mol. The van der Waals surface area contributed by atoms with E-state index in [0.717, 1.165) is 19.3 Å². The molecule has 0 radical (unpaired) electrons. The highest BCUT2D eigenvalue weighted by molar-refractivity contribution is 4.88. The van der Waals surface area contributed by atoms with Gasteiger partial charge in [-0.3, -0.25) is 0 Å². The quantitative estimate of drug-likeness (QED) is 0.804. The van der Waals surface area contributed by atoms with Crippen LogP contribution >= 0.6 is 0 Å². The first-order valence-corrected chi connectivity index (χ1v) is 6.42. The number of rotatable bonds is 5. The van der Waals surface area contributed by atoms with Gasteiger partial charge in [0.15, 0.2) is 6.10 Å². The first-order chi connectivity index (χ1) is 8.33. The van der Waals surface area contributed by atoms with Crippen LogP contribution < -0.4 is 5.73 Å². The Balaban J connectivity index is 2.47. The Bertz CT molecular complexity index is 250. The molecule has 0 spiro atoms. The molecule has 0 heterocycles. The summed E-state index contributed by atoms with van der Waals surface area (Å²) in [6, 6.07) is 0. The average Bonchev–Trinajstić information content (AvgIpc) is 2.35. The molecule has 0 saturated heterocycles. The van der Waals surface area contributed by atoms with Gasteiger partial charge >= 0.3 is 6.18 Å². The molecule has 1 aliphatic rings. The van der Waals surface area contributed by atoms with Crippen LogP contribution in [0.5, 0.6) is 0 Å². The summed E-state index contributed by atoms with van der Waals surface area (Å²) in [6.45, 7) is 1.58. The molecule has 3 nitrogen and oxygen atoms in total. The molecule has 1 saturated carbocycles. The Kier molecular flexibility index (Phi) is 5.43. The molecule has 108 valence electrons. The van der Waals surface area contributed by atoms with Crippen LogP contribution in [-0.2, 0) is 4.74 Å². The summed E-state index contributed by atoms with van der Waals surface area (Å²) in [6.07, 6.45) is -2.78. The SMILES string of the molecule is CCC1CCC(CN)(OCC(O)C(F)(F)F)CC1. The summed E-state index contributed by atoms with van der Waals surface area (Å²) in [4.78, 5) is 0. The molecule has 6 heteroatoms. The molecule has 0 aromatic rings. The van der Waals surface area contributed by atoms with E-state index in [4.69, 9.17) is 15.6 Å². The van der Waals surface area contributed by atoms with E-state index >= 15 is 0 Å². The molecule has 1 unspecified atom stereocenters. The van der Waals surface area contributed by atoms with E-state index in [0.29, 0.717) is 18.8 Å². The summed E-state index contributed by atoms with van der Waals surface area (Å²) in [5, 5.41) is 8.93. The minimum Gasteiger partial charge on any atom is -0.382 e. The van der Waals surface area contributed by atoms with Gasteiger partial charge < -0.3 is 15.6 Å². The Labute approximate surface area is 105 Å². The fraction of sp³-hybridized carbons (Fsp3) is 1.00. The fourth-order valence-electron chi connectivity index (χ4n) is 2.37. The van der Waals surface area contributed by atoms with Gasteiger partial charge in [-0.1, -0.05) is 13.3 Å². The maximum atomic E-state index is 12.2. The van der Waals surface area contributed by atoms with Crippen molar-refractivity contribution in [3.05, 3.63) is 0 Å². The lowest BCUT2D eigenvalue weighted by Crippen LogP contribution is -2.47. The molecule has 1 fully saturated rings. The lowest BCUT2D eigenvalue weighted by Gasteiger charge is -2.39. The Morgan fingerprint density at radius 3 is 2.33 bits per heavy atom. The molecule has 1 rings (SSSR count). The van der Waals surface area contributed by atoms with Crippen molar-refractivity contribution in [3.63, 3.8) is 0 Å². The number of nitrogens with two attached hydrogens (primary N) is 1. The van der Waals surface area contributed by atoms with E-state index in [-0.39, 0.29) is 6.54 Å². The molecule has 0 aromatic carbocycles. The van der Waals surface area contributed by atoms with Gasteiger partial charge in [0, 0.05) is 6.54 Å². The molecule has 18 heavy (non-hydrogen) atoms. The number of alkyl halides is 3. The highest BCUT2D eigenvalue weighted by Gasteiger charge is 2.41. The van der Waals surface area contributed by atoms with Gasteiger partial charge in [0.05, 0.1) is 12.2 Å². The molecule has 3 N–H and O–H groups in total. The highest BCUT2D eigenvalue weighted by atomic mass is 19.4. The van der Waals surface area contributed by atoms with E-state index in [9.17, 15) is 13.2 Å². The zero-order valence-electron chi connectivity index (χ0n) is 10.7. The smallest absolute Gasteiger partial charge is 0.382 e. The van der Waals surface area contributed by atoms with Gasteiger partial charge in [0.1, 0.15) is 0 Å². The van der Waals surface area contributed by atoms with Gasteiger partial charge in [0.2, 0.25) is 0 Å². The number of aliphatic hydroxyl groups excluding tert-OH is 1. The molecule has 0 amide bonds. The van der Waals surface area contributed by atoms with Crippen molar-refractivity contribution in [1.29, 1.82) is 0 Å². The lowest BCUT2D eigenvalue weighted by atomic mass is 9.77. The maximum absolute atomic E-state index is 12.2. The van der Waals surface area contributed by atoms with E-state index in [1.807, 2.05) is 0 Å². The standard InChI is InChI=1S/C12H22F3NO2/c1-2-9-3-5-11(8-16,6-4-9)18-7-10(17)12(13,14)15/h9-10,17H,2-8,16H2,1H3. The van der Waals surface area contributed by atoms with Crippen molar-refractivity contribution in [2.45, 2.75) is 56.9 Å². The predicted molar refractivity (Wildman–Crippen MR) is 62.0 cm³/mol. The number of hydrogen-bond donors (Lipinski definition) is 2. The first-order valence-electron chi connectivity index (χ1n) is 6.42. The zero-order valence-corrected chi connectivity index (χ0v) is 10.7. The van der Waals surface area contributed by atoms with E-state index in [1.54, 1.807) is 0 Å². The van der Waals surface area contributed by atoms with Crippen LogP contribution in [-0.4, -0.2) is 36.1 Å². The van der Waals surface area contributed by atoms with Crippen molar-refractivity contribution < 1.29 is 23.0 Å². The summed E-state index contributed by atoms with van der Waals surface area (Å²) in [5.74, 6) is 0.612. The second kappa shape index (κ2) is 6.21. The first kappa shape index (κ1) is 15.7. The van der Waals surface area contributed by atoms with Crippen LogP contribution in [0.3, 0.4) is 0 Å². The Morgan fingerprint density at radius 1 is 1.39 bits per heavy atom.